The van der Waals surface area contributed by atoms with Crippen LogP contribution in [0.5, 0.6) is 0 Å². The van der Waals surface area contributed by atoms with E-state index in [9.17, 15) is 0 Å². The van der Waals surface area contributed by atoms with Crippen molar-refractivity contribution in [2.45, 2.75) is 0 Å². The average molecular weight is 347 g/mol. The second-order valence-electron chi connectivity index (χ2n) is 1.03. The SMILES string of the molecule is O=P(O)(O)O.O=P(O)(O)O.[AlH3].[SnH2]. The van der Waals surface area contributed by atoms with Crippen LogP contribution in [0.1, 0.15) is 0 Å². The first kappa shape index (κ1) is 23.4. The van der Waals surface area contributed by atoms with E-state index in [1.54, 1.807) is 0 Å². The number of hydrogen-bond acceptors (Lipinski definition) is 2. The minimum absolute atomic E-state index is 0. The maximum atomic E-state index is 8.88. The summed E-state index contributed by atoms with van der Waals surface area (Å²) in [6, 6.07) is 0. The van der Waals surface area contributed by atoms with Crippen LogP contribution >= 0.6 is 15.6 Å². The molecule has 76 valence electrons. The first-order chi connectivity index (χ1) is 4.00. The monoisotopic (exact) mass is 348 g/mol. The first-order valence-electron chi connectivity index (χ1n) is 1.57. The van der Waals surface area contributed by atoms with Gasteiger partial charge in [-0.2, -0.15) is 0 Å². The van der Waals surface area contributed by atoms with Crippen molar-refractivity contribution in [2.75, 3.05) is 0 Å². The van der Waals surface area contributed by atoms with Crippen LogP contribution < -0.4 is 0 Å². The summed E-state index contributed by atoms with van der Waals surface area (Å²) in [5.74, 6) is 0. The van der Waals surface area contributed by atoms with Crippen molar-refractivity contribution in [1.82, 2.24) is 0 Å². The molecule has 12 heteroatoms. The molecule has 12 heavy (non-hydrogen) atoms. The average Bonchev–Trinajstić information content (AvgIpc) is 1.12. The van der Waals surface area contributed by atoms with Crippen LogP contribution in [-0.4, -0.2) is 70.6 Å². The zero-order valence-electron chi connectivity index (χ0n) is 5.10. The summed E-state index contributed by atoms with van der Waals surface area (Å²) in [6.07, 6.45) is 0. The van der Waals surface area contributed by atoms with Crippen molar-refractivity contribution < 1.29 is 38.5 Å². The van der Waals surface area contributed by atoms with Gasteiger partial charge < -0.3 is 29.4 Å². The second kappa shape index (κ2) is 9.12. The first-order valence-corrected chi connectivity index (χ1v) is 4.70. The van der Waals surface area contributed by atoms with Gasteiger partial charge in [-0.15, -0.1) is 0 Å². The maximum absolute atomic E-state index is 8.88. The fourth-order valence-electron chi connectivity index (χ4n) is 0. The third kappa shape index (κ3) is 534. The van der Waals surface area contributed by atoms with Gasteiger partial charge in [0, 0.05) is 0 Å². The Bertz CT molecular complexity index is 129. The molecule has 8 nitrogen and oxygen atoms in total. The molecule has 0 fully saturated rings. The Labute approximate surface area is 95.2 Å². The molecule has 0 aromatic carbocycles. The third-order valence-electron chi connectivity index (χ3n) is 0. The van der Waals surface area contributed by atoms with E-state index >= 15 is 0 Å². The molecule has 0 atom stereocenters. The van der Waals surface area contributed by atoms with E-state index in [0.717, 1.165) is 0 Å². The van der Waals surface area contributed by atoms with Crippen molar-refractivity contribution in [3.8, 4) is 0 Å². The normalized spacial score (nSPS) is 9.83. The molecule has 0 saturated heterocycles. The molecule has 2 radical (unpaired) electrons. The Balaban J connectivity index is -0.0000000457. The van der Waals surface area contributed by atoms with Gasteiger partial charge >= 0.3 is 39.6 Å². The molecule has 0 amide bonds. The second-order valence-corrected chi connectivity index (χ2v) is 3.08. The Hall–Kier alpha value is 1.55. The van der Waals surface area contributed by atoms with E-state index in [1.807, 2.05) is 0 Å². The quantitative estimate of drug-likeness (QED) is 0.192. The summed E-state index contributed by atoms with van der Waals surface area (Å²) in [7, 11) is -9.28. The number of rotatable bonds is 0. The molecule has 0 aliphatic rings. The van der Waals surface area contributed by atoms with Gasteiger partial charge in [0.1, 0.15) is 0 Å². The van der Waals surface area contributed by atoms with Gasteiger partial charge in [-0.1, -0.05) is 0 Å². The molecule has 0 spiro atoms. The molecule has 0 aromatic rings. The predicted octanol–water partition coefficient (Wildman–Crippen LogP) is -3.96. The van der Waals surface area contributed by atoms with E-state index in [-0.39, 0.29) is 41.3 Å². The van der Waals surface area contributed by atoms with Gasteiger partial charge in [-0.05, 0) is 0 Å². The van der Waals surface area contributed by atoms with Crippen LogP contribution in [0.15, 0.2) is 0 Å². The summed E-state index contributed by atoms with van der Waals surface area (Å²) in [5, 5.41) is 0. The van der Waals surface area contributed by atoms with E-state index in [4.69, 9.17) is 38.5 Å². The van der Waals surface area contributed by atoms with Crippen LogP contribution in [-0.2, 0) is 9.13 Å². The Morgan fingerprint density at radius 1 is 0.667 bits per heavy atom. The van der Waals surface area contributed by atoms with Crippen LogP contribution in [0.3, 0.4) is 0 Å². The van der Waals surface area contributed by atoms with E-state index in [0.29, 0.717) is 0 Å². The van der Waals surface area contributed by atoms with Crippen LogP contribution in [0.4, 0.5) is 0 Å². The molecule has 0 aliphatic carbocycles. The van der Waals surface area contributed by atoms with Crippen LogP contribution in [0.25, 0.3) is 0 Å². The zero-order chi connectivity index (χ0) is 9.00. The van der Waals surface area contributed by atoms with Gasteiger partial charge in [0.2, 0.25) is 0 Å². The van der Waals surface area contributed by atoms with Crippen molar-refractivity contribution in [3.05, 3.63) is 0 Å². The van der Waals surface area contributed by atoms with Gasteiger partial charge in [0.15, 0.2) is 17.4 Å². The van der Waals surface area contributed by atoms with Crippen molar-refractivity contribution in [3.63, 3.8) is 0 Å². The standard InChI is InChI=1S/Al.2H3O4P.Sn.5H/c;2*1-5(2,3)4;;;;;;/h;2*(H3,1,2,3,4);;;;;;. The van der Waals surface area contributed by atoms with E-state index in [2.05, 4.69) is 0 Å². The van der Waals surface area contributed by atoms with Crippen molar-refractivity contribution >= 4 is 56.9 Å². The van der Waals surface area contributed by atoms with Gasteiger partial charge in [0.05, 0.1) is 0 Å². The van der Waals surface area contributed by atoms with Crippen LogP contribution in [0, 0.1) is 0 Å². The Morgan fingerprint density at radius 3 is 0.667 bits per heavy atom. The molecule has 0 heterocycles. The molecule has 0 unspecified atom stereocenters. The topological polar surface area (TPSA) is 156 Å². The summed E-state index contributed by atoms with van der Waals surface area (Å²) in [4.78, 5) is 43.1. The fourth-order valence-corrected chi connectivity index (χ4v) is 0. The molecular formula is H11AlO8P2Sn. The van der Waals surface area contributed by atoms with Crippen molar-refractivity contribution in [1.29, 1.82) is 0 Å². The van der Waals surface area contributed by atoms with E-state index in [1.165, 1.54) is 0 Å². The van der Waals surface area contributed by atoms with E-state index < -0.39 is 15.6 Å². The summed E-state index contributed by atoms with van der Waals surface area (Å²) in [5.41, 5.74) is 0. The number of hydrogen-bond donors (Lipinski definition) is 6. The Kier molecular flexibility index (Phi) is 17.8. The number of phosphoric acid groups is 2. The van der Waals surface area contributed by atoms with Gasteiger partial charge in [-0.25, -0.2) is 9.13 Å². The predicted molar refractivity (Wildman–Crippen MR) is 47.0 cm³/mol. The van der Waals surface area contributed by atoms with Gasteiger partial charge in [-0.3, -0.25) is 0 Å². The molecular weight excluding hydrogens is 336 g/mol. The van der Waals surface area contributed by atoms with Crippen molar-refractivity contribution in [2.24, 2.45) is 0 Å². The zero-order valence-corrected chi connectivity index (χ0v) is 10.9. The molecule has 0 aliphatic heterocycles. The fraction of sp³-hybridized carbons (Fsp3) is 0. The minimum atomic E-state index is -4.64. The van der Waals surface area contributed by atoms with Crippen LogP contribution in [0.2, 0.25) is 0 Å². The molecule has 0 saturated carbocycles. The Morgan fingerprint density at radius 2 is 0.667 bits per heavy atom. The molecule has 0 rings (SSSR count). The van der Waals surface area contributed by atoms with Gasteiger partial charge in [0.25, 0.3) is 0 Å². The molecule has 0 bridgehead atoms. The third-order valence-corrected chi connectivity index (χ3v) is 0. The summed E-state index contributed by atoms with van der Waals surface area (Å²) in [6.45, 7) is 0. The summed E-state index contributed by atoms with van der Waals surface area (Å²) < 4.78 is 17.8. The molecule has 0 aromatic heterocycles. The summed E-state index contributed by atoms with van der Waals surface area (Å²) >= 11 is 0. The molecule has 6 N–H and O–H groups in total.